The maximum Gasteiger partial charge on any atom is 0.119 e. The maximum absolute atomic E-state index is 6.00. The lowest BCUT2D eigenvalue weighted by atomic mass is 10.2. The monoisotopic (exact) mass is 351 g/mol. The average molecular weight is 352 g/mol. The van der Waals surface area contributed by atoms with Crippen LogP contribution in [0, 0.1) is 0 Å². The molecule has 0 spiro atoms. The Morgan fingerprint density at radius 2 is 1.65 bits per heavy atom. The number of rotatable bonds is 9. The van der Waals surface area contributed by atoms with Crippen molar-refractivity contribution in [3.8, 4) is 5.75 Å². The topological polar surface area (TPSA) is 21.3 Å². The lowest BCUT2D eigenvalue weighted by Gasteiger charge is -2.09. The average Bonchev–Trinajstić information content (AvgIpc) is 2.57. The fraction of sp³-hybridized carbons (Fsp3) is 0.368. The predicted octanol–water partition coefficient (Wildman–Crippen LogP) is 5.85. The Bertz CT molecular complexity index is 599. The first kappa shape index (κ1) is 18.1. The van der Waals surface area contributed by atoms with E-state index in [0.717, 1.165) is 24.4 Å². The highest BCUT2D eigenvalue weighted by Crippen LogP contribution is 2.23. The van der Waals surface area contributed by atoms with Gasteiger partial charge in [-0.15, -0.1) is 0 Å². The van der Waals surface area contributed by atoms with Gasteiger partial charge in [-0.05, 0) is 48.4 Å². The minimum atomic E-state index is 0.478. The lowest BCUT2D eigenvalue weighted by molar-refractivity contribution is 0.306. The molecule has 2 aromatic rings. The van der Waals surface area contributed by atoms with E-state index in [1.165, 1.54) is 24.8 Å². The standard InChI is InChI=1S/C19H23Cl2NO/c1-2-3-4-11-22-13-15-5-8-17(9-6-15)23-14-16-7-10-18(20)19(21)12-16/h5-10,12,22H,2-4,11,13-14H2,1H3. The van der Waals surface area contributed by atoms with Crippen LogP contribution in [-0.4, -0.2) is 6.54 Å². The summed E-state index contributed by atoms with van der Waals surface area (Å²) in [5, 5.41) is 4.57. The Kier molecular flexibility index (Phi) is 7.73. The molecule has 0 amide bonds. The van der Waals surface area contributed by atoms with Gasteiger partial charge in [0, 0.05) is 6.54 Å². The van der Waals surface area contributed by atoms with Crippen molar-refractivity contribution < 1.29 is 4.74 Å². The zero-order chi connectivity index (χ0) is 16.5. The van der Waals surface area contributed by atoms with E-state index in [9.17, 15) is 0 Å². The molecule has 0 bridgehead atoms. The molecule has 124 valence electrons. The molecular formula is C19H23Cl2NO. The molecule has 0 aliphatic carbocycles. The quantitative estimate of drug-likeness (QED) is 0.572. The van der Waals surface area contributed by atoms with Crippen molar-refractivity contribution in [3.05, 3.63) is 63.6 Å². The Hall–Kier alpha value is -1.22. The SMILES string of the molecule is CCCCCNCc1ccc(OCc2ccc(Cl)c(Cl)c2)cc1. The van der Waals surface area contributed by atoms with E-state index < -0.39 is 0 Å². The van der Waals surface area contributed by atoms with Gasteiger partial charge in [-0.25, -0.2) is 0 Å². The van der Waals surface area contributed by atoms with Crippen molar-refractivity contribution in [2.24, 2.45) is 0 Å². The number of hydrogen-bond acceptors (Lipinski definition) is 2. The number of halogens is 2. The van der Waals surface area contributed by atoms with E-state index in [4.69, 9.17) is 27.9 Å². The molecule has 1 N–H and O–H groups in total. The molecule has 0 aliphatic heterocycles. The molecule has 0 atom stereocenters. The summed E-state index contributed by atoms with van der Waals surface area (Å²) < 4.78 is 5.78. The van der Waals surface area contributed by atoms with Crippen LogP contribution in [0.1, 0.15) is 37.3 Å². The first-order valence-corrected chi connectivity index (χ1v) is 8.81. The van der Waals surface area contributed by atoms with Gasteiger partial charge in [0.25, 0.3) is 0 Å². The van der Waals surface area contributed by atoms with Gasteiger partial charge >= 0.3 is 0 Å². The van der Waals surface area contributed by atoms with E-state index in [-0.39, 0.29) is 0 Å². The van der Waals surface area contributed by atoms with Crippen LogP contribution in [0.5, 0.6) is 5.75 Å². The van der Waals surface area contributed by atoms with Crippen molar-refractivity contribution in [2.75, 3.05) is 6.54 Å². The number of benzene rings is 2. The Labute approximate surface area is 148 Å². The molecule has 0 radical (unpaired) electrons. The van der Waals surface area contributed by atoms with E-state index in [2.05, 4.69) is 24.4 Å². The zero-order valence-corrected chi connectivity index (χ0v) is 15.0. The minimum Gasteiger partial charge on any atom is -0.489 e. The first-order valence-electron chi connectivity index (χ1n) is 8.05. The normalized spacial score (nSPS) is 10.7. The highest BCUT2D eigenvalue weighted by Gasteiger charge is 2.01. The van der Waals surface area contributed by atoms with E-state index in [1.54, 1.807) is 6.07 Å². The van der Waals surface area contributed by atoms with Gasteiger partial charge in [0.1, 0.15) is 12.4 Å². The summed E-state index contributed by atoms with van der Waals surface area (Å²) in [7, 11) is 0. The van der Waals surface area contributed by atoms with Crippen molar-refractivity contribution in [2.45, 2.75) is 39.3 Å². The van der Waals surface area contributed by atoms with Crippen molar-refractivity contribution >= 4 is 23.2 Å². The van der Waals surface area contributed by atoms with Crippen LogP contribution in [0.3, 0.4) is 0 Å². The third-order valence-electron chi connectivity index (χ3n) is 3.60. The van der Waals surface area contributed by atoms with Crippen LogP contribution in [0.15, 0.2) is 42.5 Å². The second kappa shape index (κ2) is 9.82. The number of unbranched alkanes of at least 4 members (excludes halogenated alkanes) is 2. The summed E-state index contributed by atoms with van der Waals surface area (Å²) >= 11 is 11.9. The summed E-state index contributed by atoms with van der Waals surface area (Å²) in [4.78, 5) is 0. The largest absolute Gasteiger partial charge is 0.489 e. The minimum absolute atomic E-state index is 0.478. The molecule has 4 heteroatoms. The van der Waals surface area contributed by atoms with Crippen LogP contribution >= 0.6 is 23.2 Å². The second-order valence-corrected chi connectivity index (χ2v) is 6.38. The van der Waals surface area contributed by atoms with E-state index in [1.807, 2.05) is 24.3 Å². The molecule has 23 heavy (non-hydrogen) atoms. The van der Waals surface area contributed by atoms with Gasteiger partial charge in [-0.2, -0.15) is 0 Å². The van der Waals surface area contributed by atoms with Crippen molar-refractivity contribution in [1.29, 1.82) is 0 Å². The second-order valence-electron chi connectivity index (χ2n) is 5.56. The van der Waals surface area contributed by atoms with Crippen LogP contribution < -0.4 is 10.1 Å². The third kappa shape index (κ3) is 6.42. The van der Waals surface area contributed by atoms with Crippen LogP contribution in [-0.2, 0) is 13.2 Å². The molecule has 0 saturated heterocycles. The highest BCUT2D eigenvalue weighted by atomic mass is 35.5. The molecule has 0 saturated carbocycles. The van der Waals surface area contributed by atoms with Gasteiger partial charge in [-0.3, -0.25) is 0 Å². The van der Waals surface area contributed by atoms with Gasteiger partial charge < -0.3 is 10.1 Å². The van der Waals surface area contributed by atoms with Crippen molar-refractivity contribution in [3.63, 3.8) is 0 Å². The van der Waals surface area contributed by atoms with E-state index in [0.29, 0.717) is 16.7 Å². The van der Waals surface area contributed by atoms with Gasteiger partial charge in [0.2, 0.25) is 0 Å². The Balaban J connectivity index is 1.77. The van der Waals surface area contributed by atoms with Crippen LogP contribution in [0.25, 0.3) is 0 Å². The molecular weight excluding hydrogens is 329 g/mol. The Morgan fingerprint density at radius 3 is 2.35 bits per heavy atom. The molecule has 0 aromatic heterocycles. The van der Waals surface area contributed by atoms with Gasteiger partial charge in [0.15, 0.2) is 0 Å². The summed E-state index contributed by atoms with van der Waals surface area (Å²) in [6, 6.07) is 13.7. The maximum atomic E-state index is 6.00. The predicted molar refractivity (Wildman–Crippen MR) is 98.5 cm³/mol. The summed E-state index contributed by atoms with van der Waals surface area (Å²) in [6.07, 6.45) is 3.78. The van der Waals surface area contributed by atoms with Crippen molar-refractivity contribution in [1.82, 2.24) is 5.32 Å². The fourth-order valence-corrected chi connectivity index (χ4v) is 2.55. The highest BCUT2D eigenvalue weighted by molar-refractivity contribution is 6.42. The number of ether oxygens (including phenoxy) is 1. The molecule has 0 aliphatic rings. The smallest absolute Gasteiger partial charge is 0.119 e. The first-order chi connectivity index (χ1) is 11.2. The fourth-order valence-electron chi connectivity index (χ4n) is 2.23. The number of nitrogens with one attached hydrogen (secondary N) is 1. The van der Waals surface area contributed by atoms with Crippen LogP contribution in [0.2, 0.25) is 10.0 Å². The van der Waals surface area contributed by atoms with Crippen LogP contribution in [0.4, 0.5) is 0 Å². The molecule has 0 unspecified atom stereocenters. The molecule has 2 rings (SSSR count). The molecule has 0 heterocycles. The van der Waals surface area contributed by atoms with E-state index >= 15 is 0 Å². The summed E-state index contributed by atoms with van der Waals surface area (Å²) in [5.41, 5.74) is 2.27. The summed E-state index contributed by atoms with van der Waals surface area (Å²) in [6.45, 7) is 4.67. The molecule has 2 aromatic carbocycles. The molecule has 2 nitrogen and oxygen atoms in total. The molecule has 0 fully saturated rings. The van der Waals surface area contributed by atoms with Gasteiger partial charge in [-0.1, -0.05) is 61.2 Å². The number of hydrogen-bond donors (Lipinski definition) is 1. The summed E-state index contributed by atoms with van der Waals surface area (Å²) in [5.74, 6) is 0.853. The lowest BCUT2D eigenvalue weighted by Crippen LogP contribution is -2.14. The van der Waals surface area contributed by atoms with Gasteiger partial charge in [0.05, 0.1) is 10.0 Å². The zero-order valence-electron chi connectivity index (χ0n) is 13.4. The Morgan fingerprint density at radius 1 is 0.913 bits per heavy atom. The third-order valence-corrected chi connectivity index (χ3v) is 4.34.